The Bertz CT molecular complexity index is 432. The quantitative estimate of drug-likeness (QED) is 0.765. The van der Waals surface area contributed by atoms with Crippen molar-refractivity contribution in [3.05, 3.63) is 35.6 Å². The summed E-state index contributed by atoms with van der Waals surface area (Å²) in [6.07, 6.45) is 4.94. The van der Waals surface area contributed by atoms with E-state index in [4.69, 9.17) is 4.74 Å². The number of alkyl halides is 1. The Morgan fingerprint density at radius 3 is 2.89 bits per heavy atom. The summed E-state index contributed by atoms with van der Waals surface area (Å²) in [6, 6.07) is 6.99. The smallest absolute Gasteiger partial charge is 0.123 e. The molecule has 2 aliphatic rings. The molecule has 0 N–H and O–H groups in total. The van der Waals surface area contributed by atoms with Crippen LogP contribution in [0, 0.1) is 17.2 Å². The zero-order chi connectivity index (χ0) is 12.6. The maximum absolute atomic E-state index is 13.3. The normalized spacial score (nSPS) is 31.8. The zero-order valence-electron chi connectivity index (χ0n) is 10.4. The third-order valence-electron chi connectivity index (χ3n) is 4.26. The van der Waals surface area contributed by atoms with Crippen LogP contribution in [0.2, 0.25) is 0 Å². The summed E-state index contributed by atoms with van der Waals surface area (Å²) in [5.41, 5.74) is 1.25. The van der Waals surface area contributed by atoms with Gasteiger partial charge in [-0.3, -0.25) is 0 Å². The van der Waals surface area contributed by atoms with Gasteiger partial charge in [0.25, 0.3) is 0 Å². The average molecular weight is 313 g/mol. The fourth-order valence-electron chi connectivity index (χ4n) is 3.18. The van der Waals surface area contributed by atoms with Gasteiger partial charge in [-0.1, -0.05) is 28.1 Å². The van der Waals surface area contributed by atoms with E-state index in [1.54, 1.807) is 12.1 Å². The SMILES string of the molecule is Fc1cccc(CC2(CBr)CCOC2C2CC2)c1. The van der Waals surface area contributed by atoms with Crippen molar-refractivity contribution in [2.24, 2.45) is 11.3 Å². The molecule has 1 aromatic carbocycles. The largest absolute Gasteiger partial charge is 0.377 e. The van der Waals surface area contributed by atoms with E-state index in [1.807, 2.05) is 6.07 Å². The molecule has 2 unspecified atom stereocenters. The first-order chi connectivity index (χ1) is 8.73. The molecule has 0 radical (unpaired) electrons. The number of benzene rings is 1. The predicted octanol–water partition coefficient (Wildman–Crippen LogP) is 3.95. The van der Waals surface area contributed by atoms with E-state index in [1.165, 1.54) is 18.9 Å². The number of hydrogen-bond donors (Lipinski definition) is 0. The molecule has 1 nitrogen and oxygen atoms in total. The monoisotopic (exact) mass is 312 g/mol. The second-order valence-corrected chi connectivity index (χ2v) is 6.24. The number of halogens is 2. The fraction of sp³-hybridized carbons (Fsp3) is 0.600. The molecule has 0 amide bonds. The molecule has 1 heterocycles. The van der Waals surface area contributed by atoms with Gasteiger partial charge < -0.3 is 4.74 Å². The van der Waals surface area contributed by atoms with Gasteiger partial charge in [0.1, 0.15) is 5.82 Å². The standard InChI is InChI=1S/C15H18BrFO/c16-10-15(6-7-18-14(15)12-4-5-12)9-11-2-1-3-13(17)8-11/h1-3,8,12,14H,4-7,9-10H2. The minimum Gasteiger partial charge on any atom is -0.377 e. The predicted molar refractivity (Wildman–Crippen MR) is 73.4 cm³/mol. The van der Waals surface area contributed by atoms with Crippen molar-refractivity contribution in [3.8, 4) is 0 Å². The Morgan fingerprint density at radius 2 is 2.22 bits per heavy atom. The average Bonchev–Trinajstić information content (AvgIpc) is 3.12. The molecule has 1 aliphatic carbocycles. The summed E-state index contributed by atoms with van der Waals surface area (Å²) < 4.78 is 19.3. The number of ether oxygens (including phenoxy) is 1. The maximum atomic E-state index is 13.3. The summed E-state index contributed by atoms with van der Waals surface area (Å²) in [5.74, 6) is 0.595. The van der Waals surface area contributed by atoms with Gasteiger partial charge in [0.15, 0.2) is 0 Å². The highest BCUT2D eigenvalue weighted by Crippen LogP contribution is 2.50. The summed E-state index contributed by atoms with van der Waals surface area (Å²) in [5, 5.41) is 0.942. The van der Waals surface area contributed by atoms with Crippen molar-refractivity contribution in [1.82, 2.24) is 0 Å². The summed E-state index contributed by atoms with van der Waals surface area (Å²) >= 11 is 3.67. The molecule has 2 atom stereocenters. The Balaban J connectivity index is 1.82. The van der Waals surface area contributed by atoms with Crippen LogP contribution < -0.4 is 0 Å². The molecule has 1 aromatic rings. The minimum absolute atomic E-state index is 0.140. The van der Waals surface area contributed by atoms with E-state index < -0.39 is 0 Å². The molecule has 98 valence electrons. The Hall–Kier alpha value is -0.410. The van der Waals surface area contributed by atoms with E-state index in [0.29, 0.717) is 6.10 Å². The highest BCUT2D eigenvalue weighted by molar-refractivity contribution is 9.09. The van der Waals surface area contributed by atoms with Gasteiger partial charge in [-0.15, -0.1) is 0 Å². The van der Waals surface area contributed by atoms with Crippen LogP contribution in [0.1, 0.15) is 24.8 Å². The van der Waals surface area contributed by atoms with Crippen molar-refractivity contribution >= 4 is 15.9 Å². The molecular formula is C15H18BrFO. The van der Waals surface area contributed by atoms with Crippen LogP contribution in [-0.4, -0.2) is 18.0 Å². The Morgan fingerprint density at radius 1 is 1.39 bits per heavy atom. The third kappa shape index (κ3) is 2.35. The first-order valence-electron chi connectivity index (χ1n) is 6.65. The Labute approximate surface area is 116 Å². The van der Waals surface area contributed by atoms with Crippen molar-refractivity contribution in [2.45, 2.75) is 31.8 Å². The number of rotatable bonds is 4. The topological polar surface area (TPSA) is 9.23 Å². The van der Waals surface area contributed by atoms with Gasteiger partial charge in [0.2, 0.25) is 0 Å². The molecule has 18 heavy (non-hydrogen) atoms. The van der Waals surface area contributed by atoms with Crippen molar-refractivity contribution in [3.63, 3.8) is 0 Å². The molecule has 2 fully saturated rings. The minimum atomic E-state index is -0.140. The van der Waals surface area contributed by atoms with Crippen LogP contribution >= 0.6 is 15.9 Å². The van der Waals surface area contributed by atoms with Crippen LogP contribution in [0.4, 0.5) is 4.39 Å². The molecule has 3 rings (SSSR count). The summed E-state index contributed by atoms with van der Waals surface area (Å²) in [7, 11) is 0. The second-order valence-electron chi connectivity index (χ2n) is 5.68. The van der Waals surface area contributed by atoms with Crippen LogP contribution in [-0.2, 0) is 11.2 Å². The highest BCUT2D eigenvalue weighted by Gasteiger charge is 2.50. The van der Waals surface area contributed by atoms with Gasteiger partial charge in [0.05, 0.1) is 6.10 Å². The molecule has 0 aromatic heterocycles. The van der Waals surface area contributed by atoms with Crippen LogP contribution in [0.15, 0.2) is 24.3 Å². The van der Waals surface area contributed by atoms with E-state index >= 15 is 0 Å². The third-order valence-corrected chi connectivity index (χ3v) is 5.38. The van der Waals surface area contributed by atoms with Crippen molar-refractivity contribution < 1.29 is 9.13 Å². The molecule has 1 saturated heterocycles. The van der Waals surface area contributed by atoms with E-state index in [-0.39, 0.29) is 11.2 Å². The number of hydrogen-bond acceptors (Lipinski definition) is 1. The van der Waals surface area contributed by atoms with Crippen LogP contribution in [0.3, 0.4) is 0 Å². The maximum Gasteiger partial charge on any atom is 0.123 e. The Kier molecular flexibility index (Phi) is 3.46. The van der Waals surface area contributed by atoms with Gasteiger partial charge in [-0.2, -0.15) is 0 Å². The first kappa shape index (κ1) is 12.6. The lowest BCUT2D eigenvalue weighted by atomic mass is 9.76. The van der Waals surface area contributed by atoms with Crippen molar-refractivity contribution in [1.29, 1.82) is 0 Å². The van der Waals surface area contributed by atoms with Crippen LogP contribution in [0.5, 0.6) is 0 Å². The summed E-state index contributed by atoms with van der Waals surface area (Å²) in [4.78, 5) is 0. The summed E-state index contributed by atoms with van der Waals surface area (Å²) in [6.45, 7) is 0.849. The van der Waals surface area contributed by atoms with Gasteiger partial charge in [0, 0.05) is 17.4 Å². The van der Waals surface area contributed by atoms with Crippen LogP contribution in [0.25, 0.3) is 0 Å². The van der Waals surface area contributed by atoms with Gasteiger partial charge in [-0.25, -0.2) is 4.39 Å². The fourth-order valence-corrected chi connectivity index (χ4v) is 3.97. The molecule has 1 saturated carbocycles. The molecule has 3 heteroatoms. The first-order valence-corrected chi connectivity index (χ1v) is 7.78. The highest BCUT2D eigenvalue weighted by atomic mass is 79.9. The lowest BCUT2D eigenvalue weighted by Crippen LogP contribution is -2.36. The molecule has 0 spiro atoms. The van der Waals surface area contributed by atoms with E-state index in [0.717, 1.165) is 36.3 Å². The molecular weight excluding hydrogens is 295 g/mol. The van der Waals surface area contributed by atoms with Crippen molar-refractivity contribution in [2.75, 3.05) is 11.9 Å². The van der Waals surface area contributed by atoms with Gasteiger partial charge in [-0.05, 0) is 49.3 Å². The second kappa shape index (κ2) is 4.93. The van der Waals surface area contributed by atoms with E-state index in [9.17, 15) is 4.39 Å². The lowest BCUT2D eigenvalue weighted by Gasteiger charge is -2.32. The zero-order valence-corrected chi connectivity index (χ0v) is 12.0. The van der Waals surface area contributed by atoms with E-state index in [2.05, 4.69) is 15.9 Å². The lowest BCUT2D eigenvalue weighted by molar-refractivity contribution is 0.0413. The molecule has 0 bridgehead atoms. The van der Waals surface area contributed by atoms with Gasteiger partial charge >= 0.3 is 0 Å². The molecule has 1 aliphatic heterocycles.